The van der Waals surface area contributed by atoms with Crippen LogP contribution in [0.25, 0.3) is 0 Å². The number of amides is 1. The van der Waals surface area contributed by atoms with E-state index in [4.69, 9.17) is 9.84 Å². The molecule has 124 valence electrons. The van der Waals surface area contributed by atoms with Crippen molar-refractivity contribution in [3.63, 3.8) is 0 Å². The Bertz CT molecular complexity index is 599. The number of ether oxygens (including phenoxy) is 1. The number of hydrogen-bond donors (Lipinski definition) is 1. The zero-order chi connectivity index (χ0) is 16.2. The predicted octanol–water partition coefficient (Wildman–Crippen LogP) is 1.81. The Morgan fingerprint density at radius 2 is 2.00 bits per heavy atom. The van der Waals surface area contributed by atoms with Crippen molar-refractivity contribution in [2.24, 2.45) is 0 Å². The maximum Gasteiger partial charge on any atom is 0.305 e. The number of rotatable bonds is 4. The number of carbonyl (C=O) groups is 2. The van der Waals surface area contributed by atoms with Crippen LogP contribution in [-0.2, 0) is 33.6 Å². The molecule has 5 nitrogen and oxygen atoms in total. The van der Waals surface area contributed by atoms with Crippen LogP contribution in [0.1, 0.15) is 36.0 Å². The molecule has 1 unspecified atom stereocenters. The molecule has 3 rings (SSSR count). The second-order valence-electron chi connectivity index (χ2n) is 6.40. The van der Waals surface area contributed by atoms with Crippen LogP contribution in [0.2, 0.25) is 0 Å². The van der Waals surface area contributed by atoms with Gasteiger partial charge in [-0.1, -0.05) is 18.2 Å². The van der Waals surface area contributed by atoms with Crippen molar-refractivity contribution >= 4 is 11.9 Å². The van der Waals surface area contributed by atoms with Gasteiger partial charge in [0.2, 0.25) is 5.91 Å². The molecular weight excluding hydrogens is 294 g/mol. The summed E-state index contributed by atoms with van der Waals surface area (Å²) in [5.74, 6) is -0.901. The molecule has 0 aromatic heterocycles. The molecule has 2 aliphatic rings. The summed E-state index contributed by atoms with van der Waals surface area (Å²) in [4.78, 5) is 25.2. The molecule has 1 saturated heterocycles. The first-order valence-corrected chi connectivity index (χ1v) is 8.33. The van der Waals surface area contributed by atoms with Gasteiger partial charge in [-0.2, -0.15) is 0 Å². The van der Waals surface area contributed by atoms with Gasteiger partial charge in [0.25, 0.3) is 0 Å². The fourth-order valence-corrected chi connectivity index (χ4v) is 3.53. The summed E-state index contributed by atoms with van der Waals surface area (Å²) in [7, 11) is 0. The number of aliphatic carboxylic acids is 1. The lowest BCUT2D eigenvalue weighted by Gasteiger charge is -2.35. The zero-order valence-electron chi connectivity index (χ0n) is 13.3. The van der Waals surface area contributed by atoms with Gasteiger partial charge in [-0.15, -0.1) is 0 Å². The molecule has 1 aliphatic carbocycles. The second-order valence-corrected chi connectivity index (χ2v) is 6.40. The van der Waals surface area contributed by atoms with Crippen molar-refractivity contribution in [3.05, 3.63) is 34.9 Å². The topological polar surface area (TPSA) is 66.8 Å². The molecule has 1 heterocycles. The third-order valence-electron chi connectivity index (χ3n) is 4.73. The number of morpholine rings is 1. The Balaban J connectivity index is 1.68. The molecule has 5 heteroatoms. The Morgan fingerprint density at radius 3 is 2.78 bits per heavy atom. The quantitative estimate of drug-likeness (QED) is 0.920. The molecule has 1 aliphatic heterocycles. The van der Waals surface area contributed by atoms with Gasteiger partial charge in [0.05, 0.1) is 32.1 Å². The van der Waals surface area contributed by atoms with Crippen molar-refractivity contribution in [2.45, 2.75) is 44.6 Å². The largest absolute Gasteiger partial charge is 0.481 e. The first-order chi connectivity index (χ1) is 11.1. The van der Waals surface area contributed by atoms with Gasteiger partial charge in [0.1, 0.15) is 0 Å². The van der Waals surface area contributed by atoms with Crippen LogP contribution in [0, 0.1) is 0 Å². The number of nitrogens with zero attached hydrogens (tertiary/aromatic N) is 1. The summed E-state index contributed by atoms with van der Waals surface area (Å²) >= 11 is 0. The maximum atomic E-state index is 12.6. The zero-order valence-corrected chi connectivity index (χ0v) is 13.3. The van der Waals surface area contributed by atoms with E-state index in [2.05, 4.69) is 12.1 Å². The molecule has 1 fully saturated rings. The van der Waals surface area contributed by atoms with Crippen LogP contribution in [0.15, 0.2) is 18.2 Å². The first-order valence-electron chi connectivity index (χ1n) is 8.33. The first kappa shape index (κ1) is 16.0. The Kier molecular flexibility index (Phi) is 4.96. The van der Waals surface area contributed by atoms with Crippen LogP contribution in [0.4, 0.5) is 0 Å². The molecule has 0 radical (unpaired) electrons. The highest BCUT2D eigenvalue weighted by molar-refractivity contribution is 5.80. The van der Waals surface area contributed by atoms with E-state index in [1.54, 1.807) is 4.90 Å². The van der Waals surface area contributed by atoms with Crippen LogP contribution >= 0.6 is 0 Å². The van der Waals surface area contributed by atoms with E-state index in [0.29, 0.717) is 26.2 Å². The summed E-state index contributed by atoms with van der Waals surface area (Å²) in [5, 5.41) is 8.99. The van der Waals surface area contributed by atoms with E-state index in [9.17, 15) is 9.59 Å². The Hall–Kier alpha value is -1.88. The standard InChI is InChI=1S/C18H23NO4/c20-17(19-7-8-23-12-16(19)11-18(21)22)10-13-5-6-14-3-1-2-4-15(14)9-13/h5-6,9,16H,1-4,7-8,10-12H2,(H,21,22). The van der Waals surface area contributed by atoms with Gasteiger partial charge in [0, 0.05) is 6.54 Å². The highest BCUT2D eigenvalue weighted by Gasteiger charge is 2.29. The van der Waals surface area contributed by atoms with Gasteiger partial charge in [-0.05, 0) is 42.4 Å². The van der Waals surface area contributed by atoms with E-state index in [1.807, 2.05) is 6.07 Å². The van der Waals surface area contributed by atoms with E-state index in [0.717, 1.165) is 18.4 Å². The van der Waals surface area contributed by atoms with Crippen molar-refractivity contribution in [2.75, 3.05) is 19.8 Å². The molecule has 0 spiro atoms. The molecule has 1 amide bonds. The number of fused-ring (bicyclic) bond motifs is 1. The number of aryl methyl sites for hydroxylation is 2. The number of hydrogen-bond acceptors (Lipinski definition) is 3. The lowest BCUT2D eigenvalue weighted by atomic mass is 9.90. The summed E-state index contributed by atoms with van der Waals surface area (Å²) in [5.41, 5.74) is 3.80. The van der Waals surface area contributed by atoms with E-state index >= 15 is 0 Å². The Labute approximate surface area is 136 Å². The average Bonchev–Trinajstić information content (AvgIpc) is 2.54. The van der Waals surface area contributed by atoms with Crippen molar-refractivity contribution in [1.82, 2.24) is 4.90 Å². The molecule has 1 aromatic rings. The van der Waals surface area contributed by atoms with Crippen molar-refractivity contribution in [3.8, 4) is 0 Å². The van der Waals surface area contributed by atoms with Gasteiger partial charge >= 0.3 is 5.97 Å². The predicted molar refractivity (Wildman–Crippen MR) is 85.4 cm³/mol. The maximum absolute atomic E-state index is 12.6. The molecule has 0 bridgehead atoms. The summed E-state index contributed by atoms with van der Waals surface area (Å²) < 4.78 is 5.33. The Morgan fingerprint density at radius 1 is 1.22 bits per heavy atom. The van der Waals surface area contributed by atoms with Crippen LogP contribution in [-0.4, -0.2) is 47.7 Å². The fraction of sp³-hybridized carbons (Fsp3) is 0.556. The van der Waals surface area contributed by atoms with Crippen LogP contribution < -0.4 is 0 Å². The van der Waals surface area contributed by atoms with E-state index < -0.39 is 5.97 Å². The summed E-state index contributed by atoms with van der Waals surface area (Å²) in [6.07, 6.45) is 4.97. The number of carboxylic acids is 1. The molecule has 1 atom stereocenters. The SMILES string of the molecule is O=C(O)CC1COCCN1C(=O)Cc1ccc2c(c1)CCCC2. The number of benzene rings is 1. The van der Waals surface area contributed by atoms with Crippen LogP contribution in [0.3, 0.4) is 0 Å². The highest BCUT2D eigenvalue weighted by atomic mass is 16.5. The summed E-state index contributed by atoms with van der Waals surface area (Å²) in [6.45, 7) is 1.26. The smallest absolute Gasteiger partial charge is 0.305 e. The fourth-order valence-electron chi connectivity index (χ4n) is 3.53. The number of carbonyl (C=O) groups excluding carboxylic acids is 1. The van der Waals surface area contributed by atoms with Crippen LogP contribution in [0.5, 0.6) is 0 Å². The molecule has 0 saturated carbocycles. The minimum atomic E-state index is -0.896. The van der Waals surface area contributed by atoms with E-state index in [1.165, 1.54) is 24.0 Å². The van der Waals surface area contributed by atoms with Crippen molar-refractivity contribution < 1.29 is 19.4 Å². The minimum absolute atomic E-state index is 0.00434. The molecule has 1 N–H and O–H groups in total. The minimum Gasteiger partial charge on any atom is -0.481 e. The summed E-state index contributed by atoms with van der Waals surface area (Å²) in [6, 6.07) is 5.98. The normalized spacial score (nSPS) is 20.9. The lowest BCUT2D eigenvalue weighted by Crippen LogP contribution is -2.50. The molecule has 1 aromatic carbocycles. The second kappa shape index (κ2) is 7.13. The molecule has 23 heavy (non-hydrogen) atoms. The average molecular weight is 317 g/mol. The van der Waals surface area contributed by atoms with Gasteiger partial charge in [-0.25, -0.2) is 0 Å². The van der Waals surface area contributed by atoms with Gasteiger partial charge < -0.3 is 14.7 Å². The van der Waals surface area contributed by atoms with Gasteiger partial charge in [-0.3, -0.25) is 9.59 Å². The molecular formula is C18H23NO4. The monoisotopic (exact) mass is 317 g/mol. The third-order valence-corrected chi connectivity index (χ3v) is 4.73. The van der Waals surface area contributed by atoms with Gasteiger partial charge in [0.15, 0.2) is 0 Å². The number of carboxylic acid groups (broad SMARTS) is 1. The highest BCUT2D eigenvalue weighted by Crippen LogP contribution is 2.23. The lowest BCUT2D eigenvalue weighted by molar-refractivity contribution is -0.145. The van der Waals surface area contributed by atoms with E-state index in [-0.39, 0.29) is 18.4 Å². The van der Waals surface area contributed by atoms with Crippen molar-refractivity contribution in [1.29, 1.82) is 0 Å². The third kappa shape index (κ3) is 3.91.